The van der Waals surface area contributed by atoms with Crippen LogP contribution in [0.1, 0.15) is 23.1 Å². The first-order valence-electron chi connectivity index (χ1n) is 8.04. The second-order valence-corrected chi connectivity index (χ2v) is 6.60. The summed E-state index contributed by atoms with van der Waals surface area (Å²) in [6.07, 6.45) is 1.88. The largest absolute Gasteiger partial charge is 0.368 e. The number of nitrogens with one attached hydrogen (secondary N) is 1. The van der Waals surface area contributed by atoms with Crippen LogP contribution in [-0.2, 0) is 11.3 Å². The van der Waals surface area contributed by atoms with Crippen LogP contribution in [0, 0.1) is 6.92 Å². The predicted molar refractivity (Wildman–Crippen MR) is 93.6 cm³/mol. The number of aromatic nitrogens is 2. The zero-order valence-electron chi connectivity index (χ0n) is 13.7. The van der Waals surface area contributed by atoms with Crippen LogP contribution in [-0.4, -0.2) is 51.9 Å². The Kier molecular flexibility index (Phi) is 5.18. The van der Waals surface area contributed by atoms with Gasteiger partial charge in [0.2, 0.25) is 5.91 Å². The van der Waals surface area contributed by atoms with Crippen molar-refractivity contribution in [1.29, 1.82) is 0 Å². The number of nitrogens with two attached hydrogens (primary N) is 1. The highest BCUT2D eigenvalue weighted by molar-refractivity contribution is 6.30. The molecule has 0 aliphatic carbocycles. The average Bonchev–Trinajstić information content (AvgIpc) is 2.96. The summed E-state index contributed by atoms with van der Waals surface area (Å²) in [5.74, 6) is 0.607. The number of piperazine rings is 1. The fourth-order valence-electron chi connectivity index (χ4n) is 3.17. The smallest absolute Gasteiger partial charge is 0.239 e. The number of amides is 1. The molecule has 3 rings (SSSR count). The Morgan fingerprint density at radius 3 is 2.50 bits per heavy atom. The van der Waals surface area contributed by atoms with Gasteiger partial charge in [-0.2, -0.15) is 0 Å². The SMILES string of the molecule is Cc1ncc(CN2CCN(C(C(N)=O)c3ccc(Cl)cc3)CC2)[nH]1. The minimum atomic E-state index is -0.404. The van der Waals surface area contributed by atoms with Gasteiger partial charge in [-0.25, -0.2) is 4.98 Å². The van der Waals surface area contributed by atoms with Crippen molar-refractivity contribution < 1.29 is 4.79 Å². The number of carbonyl (C=O) groups is 1. The molecule has 3 N–H and O–H groups in total. The number of halogens is 1. The molecule has 1 saturated heterocycles. The Balaban J connectivity index is 1.63. The van der Waals surface area contributed by atoms with E-state index < -0.39 is 6.04 Å². The first-order chi connectivity index (χ1) is 11.5. The van der Waals surface area contributed by atoms with E-state index in [1.54, 1.807) is 12.1 Å². The van der Waals surface area contributed by atoms with Crippen LogP contribution in [0.5, 0.6) is 0 Å². The summed E-state index contributed by atoms with van der Waals surface area (Å²) in [6, 6.07) is 6.93. The van der Waals surface area contributed by atoms with Gasteiger partial charge in [0.15, 0.2) is 0 Å². The van der Waals surface area contributed by atoms with E-state index in [4.69, 9.17) is 17.3 Å². The maximum absolute atomic E-state index is 12.0. The molecule has 0 saturated carbocycles. The van der Waals surface area contributed by atoms with Crippen molar-refractivity contribution in [1.82, 2.24) is 19.8 Å². The summed E-state index contributed by atoms with van der Waals surface area (Å²) in [4.78, 5) is 24.0. The monoisotopic (exact) mass is 347 g/mol. The zero-order valence-corrected chi connectivity index (χ0v) is 14.5. The van der Waals surface area contributed by atoms with Gasteiger partial charge in [0, 0.05) is 49.6 Å². The number of hydrogen-bond acceptors (Lipinski definition) is 4. The second kappa shape index (κ2) is 7.34. The normalized spacial score (nSPS) is 17.8. The van der Waals surface area contributed by atoms with Crippen LogP contribution in [0.2, 0.25) is 5.02 Å². The fourth-order valence-corrected chi connectivity index (χ4v) is 3.30. The Morgan fingerprint density at radius 1 is 1.29 bits per heavy atom. The molecule has 1 aliphatic heterocycles. The zero-order chi connectivity index (χ0) is 17.1. The molecule has 1 fully saturated rings. The first kappa shape index (κ1) is 17.0. The van der Waals surface area contributed by atoms with Gasteiger partial charge in [0.05, 0.1) is 0 Å². The molecule has 1 aliphatic rings. The van der Waals surface area contributed by atoms with Crippen LogP contribution in [0.4, 0.5) is 0 Å². The van der Waals surface area contributed by atoms with Crippen LogP contribution in [0.15, 0.2) is 30.5 Å². The van der Waals surface area contributed by atoms with Gasteiger partial charge >= 0.3 is 0 Å². The van der Waals surface area contributed by atoms with Gasteiger partial charge in [-0.3, -0.25) is 14.6 Å². The van der Waals surface area contributed by atoms with E-state index in [9.17, 15) is 4.79 Å². The van der Waals surface area contributed by atoms with E-state index >= 15 is 0 Å². The Hall–Kier alpha value is -1.89. The van der Waals surface area contributed by atoms with Crippen molar-refractivity contribution in [3.05, 3.63) is 52.6 Å². The third-order valence-electron chi connectivity index (χ3n) is 4.38. The number of carbonyl (C=O) groups excluding carboxylic acids is 1. The van der Waals surface area contributed by atoms with Crippen molar-refractivity contribution in [2.75, 3.05) is 26.2 Å². The predicted octanol–water partition coefficient (Wildman–Crippen LogP) is 1.72. The summed E-state index contributed by atoms with van der Waals surface area (Å²) >= 11 is 5.94. The summed E-state index contributed by atoms with van der Waals surface area (Å²) in [6.45, 7) is 6.15. The molecule has 24 heavy (non-hydrogen) atoms. The highest BCUT2D eigenvalue weighted by atomic mass is 35.5. The summed E-state index contributed by atoms with van der Waals surface area (Å²) in [5.41, 5.74) is 7.67. The molecule has 7 heteroatoms. The van der Waals surface area contributed by atoms with E-state index in [2.05, 4.69) is 19.8 Å². The molecule has 1 aromatic heterocycles. The molecule has 0 radical (unpaired) electrons. The minimum Gasteiger partial charge on any atom is -0.368 e. The highest BCUT2D eigenvalue weighted by Gasteiger charge is 2.29. The van der Waals surface area contributed by atoms with E-state index in [1.165, 1.54) is 0 Å². The lowest BCUT2D eigenvalue weighted by Gasteiger charge is -2.38. The van der Waals surface area contributed by atoms with E-state index in [0.29, 0.717) is 5.02 Å². The molecule has 1 aromatic carbocycles. The van der Waals surface area contributed by atoms with Crippen LogP contribution < -0.4 is 5.73 Å². The van der Waals surface area contributed by atoms with Gasteiger partial charge in [-0.1, -0.05) is 23.7 Å². The van der Waals surface area contributed by atoms with Crippen molar-refractivity contribution >= 4 is 17.5 Å². The van der Waals surface area contributed by atoms with E-state index in [-0.39, 0.29) is 5.91 Å². The number of aryl methyl sites for hydroxylation is 1. The van der Waals surface area contributed by atoms with E-state index in [1.807, 2.05) is 25.3 Å². The number of H-pyrrole nitrogens is 1. The standard InChI is InChI=1S/C17H22ClN5O/c1-12-20-10-15(21-12)11-22-6-8-23(9-7-22)16(17(19)24)13-2-4-14(18)5-3-13/h2-5,10,16H,6-9,11H2,1H3,(H2,19,24)(H,20,21). The van der Waals surface area contributed by atoms with Gasteiger partial charge in [-0.05, 0) is 24.6 Å². The lowest BCUT2D eigenvalue weighted by atomic mass is 10.0. The third-order valence-corrected chi connectivity index (χ3v) is 4.63. The highest BCUT2D eigenvalue weighted by Crippen LogP contribution is 2.24. The number of nitrogens with zero attached hydrogens (tertiary/aromatic N) is 3. The Bertz CT molecular complexity index is 691. The molecule has 1 amide bonds. The molecule has 128 valence electrons. The van der Waals surface area contributed by atoms with Crippen molar-refractivity contribution in [2.45, 2.75) is 19.5 Å². The van der Waals surface area contributed by atoms with Crippen LogP contribution >= 0.6 is 11.6 Å². The van der Waals surface area contributed by atoms with Gasteiger partial charge in [0.25, 0.3) is 0 Å². The average molecular weight is 348 g/mol. The van der Waals surface area contributed by atoms with Crippen molar-refractivity contribution in [2.24, 2.45) is 5.73 Å². The molecule has 1 unspecified atom stereocenters. The Morgan fingerprint density at radius 2 is 1.96 bits per heavy atom. The quantitative estimate of drug-likeness (QED) is 0.863. The van der Waals surface area contributed by atoms with E-state index in [0.717, 1.165) is 49.8 Å². The van der Waals surface area contributed by atoms with Crippen molar-refractivity contribution in [3.63, 3.8) is 0 Å². The second-order valence-electron chi connectivity index (χ2n) is 6.16. The number of primary amides is 1. The Labute approximate surface area is 146 Å². The number of imidazole rings is 1. The van der Waals surface area contributed by atoms with Gasteiger partial charge < -0.3 is 10.7 Å². The molecule has 6 nitrogen and oxygen atoms in total. The maximum Gasteiger partial charge on any atom is 0.239 e. The third kappa shape index (κ3) is 3.95. The molecular weight excluding hydrogens is 326 g/mol. The molecule has 0 spiro atoms. The lowest BCUT2D eigenvalue weighted by Crippen LogP contribution is -2.50. The van der Waals surface area contributed by atoms with Crippen LogP contribution in [0.25, 0.3) is 0 Å². The number of benzene rings is 1. The minimum absolute atomic E-state index is 0.324. The van der Waals surface area contributed by atoms with Crippen molar-refractivity contribution in [3.8, 4) is 0 Å². The molecule has 1 atom stereocenters. The van der Waals surface area contributed by atoms with Gasteiger partial charge in [-0.15, -0.1) is 0 Å². The van der Waals surface area contributed by atoms with Gasteiger partial charge in [0.1, 0.15) is 11.9 Å². The lowest BCUT2D eigenvalue weighted by molar-refractivity contribution is -0.124. The fraction of sp³-hybridized carbons (Fsp3) is 0.412. The number of rotatable bonds is 5. The summed E-state index contributed by atoms with van der Waals surface area (Å²) < 4.78 is 0. The molecule has 2 heterocycles. The number of aromatic amines is 1. The summed E-state index contributed by atoms with van der Waals surface area (Å²) in [5, 5.41) is 0.654. The molecule has 0 bridgehead atoms. The summed E-state index contributed by atoms with van der Waals surface area (Å²) in [7, 11) is 0. The number of hydrogen-bond donors (Lipinski definition) is 2. The maximum atomic E-state index is 12.0. The van der Waals surface area contributed by atoms with Crippen LogP contribution in [0.3, 0.4) is 0 Å². The molecular formula is C17H22ClN5O. The topological polar surface area (TPSA) is 78.2 Å². The first-order valence-corrected chi connectivity index (χ1v) is 8.42. The molecule has 2 aromatic rings.